The van der Waals surface area contributed by atoms with Gasteiger partial charge in [0.15, 0.2) is 22.8 Å². The molecule has 1 unspecified atom stereocenters. The van der Waals surface area contributed by atoms with Gasteiger partial charge < -0.3 is 9.47 Å². The molecule has 0 fully saturated rings. The number of hydrogen-bond donors (Lipinski definition) is 2. The van der Waals surface area contributed by atoms with Crippen LogP contribution in [0.3, 0.4) is 0 Å². The number of anilines is 1. The highest BCUT2D eigenvalue weighted by Crippen LogP contribution is 2.33. The fourth-order valence-electron chi connectivity index (χ4n) is 3.09. The van der Waals surface area contributed by atoms with E-state index in [2.05, 4.69) is 14.4 Å². The first-order chi connectivity index (χ1) is 15.9. The number of nitrogens with one attached hydrogen (secondary N) is 2. The van der Waals surface area contributed by atoms with E-state index in [-0.39, 0.29) is 36.0 Å². The number of nitrogens with zero attached hydrogens (tertiary/aromatic N) is 2. The van der Waals surface area contributed by atoms with Gasteiger partial charge in [-0.15, -0.1) is 0 Å². The Morgan fingerprint density at radius 2 is 2.00 bits per heavy atom. The molecule has 1 aliphatic rings. The maximum absolute atomic E-state index is 14.8. The summed E-state index contributed by atoms with van der Waals surface area (Å²) < 4.78 is 69.4. The van der Waals surface area contributed by atoms with Gasteiger partial charge in [-0.1, -0.05) is 6.07 Å². The van der Waals surface area contributed by atoms with Crippen molar-refractivity contribution in [3.63, 3.8) is 0 Å². The van der Waals surface area contributed by atoms with Crippen molar-refractivity contribution in [3.05, 3.63) is 77.2 Å². The van der Waals surface area contributed by atoms with Crippen LogP contribution in [0.5, 0.6) is 17.4 Å². The lowest BCUT2D eigenvalue weighted by Gasteiger charge is -2.28. The molecule has 4 rings (SSSR count). The van der Waals surface area contributed by atoms with Crippen molar-refractivity contribution in [2.75, 3.05) is 11.8 Å². The fourth-order valence-corrected chi connectivity index (χ4v) is 3.57. The van der Waals surface area contributed by atoms with Gasteiger partial charge >= 0.3 is 6.09 Å². The summed E-state index contributed by atoms with van der Waals surface area (Å²) in [6.07, 6.45) is 0.612. The molecule has 1 atom stereocenters. The molecule has 2 N–H and O–H groups in total. The molecule has 0 spiro atoms. The average Bonchev–Trinajstić information content (AvgIpc) is 2.80. The van der Waals surface area contributed by atoms with Gasteiger partial charge in [0, 0.05) is 23.4 Å². The Labute approximate surface area is 189 Å². The maximum Gasteiger partial charge on any atom is 0.415 e. The lowest BCUT2D eigenvalue weighted by molar-refractivity contribution is 0.134. The molecule has 1 amide bonds. The topological polar surface area (TPSA) is 92.8 Å². The van der Waals surface area contributed by atoms with Gasteiger partial charge in [0.1, 0.15) is 23.0 Å². The van der Waals surface area contributed by atoms with Gasteiger partial charge in [0.2, 0.25) is 0 Å². The molecular weight excluding hydrogens is 461 g/mol. The predicted octanol–water partition coefficient (Wildman–Crippen LogP) is 4.02. The van der Waals surface area contributed by atoms with Gasteiger partial charge in [0.05, 0.1) is 13.1 Å². The molecule has 0 radical (unpaired) electrons. The van der Waals surface area contributed by atoms with Crippen molar-refractivity contribution in [2.24, 2.45) is 0 Å². The zero-order valence-corrected chi connectivity index (χ0v) is 17.9. The third-order valence-electron chi connectivity index (χ3n) is 4.71. The zero-order valence-electron chi connectivity index (χ0n) is 17.1. The number of aromatic nitrogens is 1. The van der Waals surface area contributed by atoms with Gasteiger partial charge in [-0.05, 0) is 37.4 Å². The zero-order chi connectivity index (χ0) is 23.5. The van der Waals surface area contributed by atoms with Crippen LogP contribution in [0.25, 0.3) is 0 Å². The monoisotopic (exact) mass is 478 g/mol. The number of ether oxygens (including phenoxy) is 2. The summed E-state index contributed by atoms with van der Waals surface area (Å²) >= 11 is -1.89. The first-order valence-electron chi connectivity index (χ1n) is 9.56. The molecule has 3 aromatic rings. The summed E-state index contributed by atoms with van der Waals surface area (Å²) in [6, 6.07) is 9.43. The summed E-state index contributed by atoms with van der Waals surface area (Å²) in [5.74, 6) is -2.35. The van der Waals surface area contributed by atoms with Crippen molar-refractivity contribution in [1.82, 2.24) is 14.6 Å². The van der Waals surface area contributed by atoms with E-state index in [0.29, 0.717) is 5.56 Å². The third-order valence-corrected chi connectivity index (χ3v) is 5.47. The van der Waals surface area contributed by atoms with Gasteiger partial charge in [0.25, 0.3) is 5.88 Å². The van der Waals surface area contributed by atoms with E-state index in [1.165, 1.54) is 42.4 Å². The minimum absolute atomic E-state index is 0.00187. The highest BCUT2D eigenvalue weighted by atomic mass is 32.2. The Hall–Kier alpha value is -3.64. The van der Waals surface area contributed by atoms with Crippen molar-refractivity contribution in [1.29, 1.82) is 0 Å². The number of hydrogen-bond acceptors (Lipinski definition) is 5. The first kappa shape index (κ1) is 22.6. The van der Waals surface area contributed by atoms with Crippen LogP contribution in [-0.4, -0.2) is 27.2 Å². The highest BCUT2D eigenvalue weighted by molar-refractivity contribution is 7.84. The normalized spacial score (nSPS) is 13.8. The molecule has 0 bridgehead atoms. The van der Waals surface area contributed by atoms with E-state index >= 15 is 0 Å². The van der Waals surface area contributed by atoms with E-state index in [9.17, 15) is 22.2 Å². The second kappa shape index (κ2) is 9.46. The van der Waals surface area contributed by atoms with Crippen LogP contribution in [0.15, 0.2) is 48.7 Å². The summed E-state index contributed by atoms with van der Waals surface area (Å²) in [5.41, 5.74) is 0.0214. The Morgan fingerprint density at radius 3 is 2.76 bits per heavy atom. The van der Waals surface area contributed by atoms with Crippen LogP contribution in [0.1, 0.15) is 11.1 Å². The number of pyridine rings is 1. The lowest BCUT2D eigenvalue weighted by Crippen LogP contribution is -2.36. The molecule has 2 heterocycles. The summed E-state index contributed by atoms with van der Waals surface area (Å²) in [5, 5.41) is 0. The molecule has 33 heavy (non-hydrogen) atoms. The Kier molecular flexibility index (Phi) is 6.47. The third kappa shape index (κ3) is 4.91. The van der Waals surface area contributed by atoms with Crippen LogP contribution in [-0.2, 0) is 24.3 Å². The SMILES string of the molecule is CNS(=O)Nc1c(F)ccc(CN2Cc3ccc(Oc4ncccc4F)cc3OC2=O)c1F. The number of benzene rings is 2. The minimum Gasteiger partial charge on any atom is -0.436 e. The van der Waals surface area contributed by atoms with E-state index in [1.807, 2.05) is 0 Å². The van der Waals surface area contributed by atoms with Crippen LogP contribution < -0.4 is 18.9 Å². The molecule has 12 heteroatoms. The van der Waals surface area contributed by atoms with E-state index in [0.717, 1.165) is 6.07 Å². The number of carbonyl (C=O) groups excluding carboxylic acids is 1. The van der Waals surface area contributed by atoms with Crippen LogP contribution in [0.2, 0.25) is 0 Å². The number of rotatable bonds is 7. The quantitative estimate of drug-likeness (QED) is 0.535. The maximum atomic E-state index is 14.8. The molecular formula is C21H17F3N4O4S. The average molecular weight is 478 g/mol. The number of halogens is 3. The largest absolute Gasteiger partial charge is 0.436 e. The number of fused-ring (bicyclic) bond motifs is 1. The summed E-state index contributed by atoms with van der Waals surface area (Å²) in [6.45, 7) is -0.142. The molecule has 2 aromatic carbocycles. The fraction of sp³-hybridized carbons (Fsp3) is 0.143. The van der Waals surface area contributed by atoms with E-state index < -0.39 is 40.4 Å². The highest BCUT2D eigenvalue weighted by Gasteiger charge is 2.27. The standard InChI is InChI=1S/C21H17F3N4O4S/c1-25-33(30)27-19-15(22)7-5-13(18(19)24)11-28-10-12-4-6-14(9-17(12)32-21(28)29)31-20-16(23)3-2-8-26-20/h2-9,25,27H,10-11H2,1H3. The Morgan fingerprint density at radius 1 is 1.18 bits per heavy atom. The van der Waals surface area contributed by atoms with E-state index in [4.69, 9.17) is 9.47 Å². The van der Waals surface area contributed by atoms with Gasteiger partial charge in [-0.2, -0.15) is 0 Å². The number of carbonyl (C=O) groups is 1. The molecule has 0 saturated carbocycles. The Bertz CT molecular complexity index is 1240. The molecule has 172 valence electrons. The van der Waals surface area contributed by atoms with Gasteiger partial charge in [-0.25, -0.2) is 31.9 Å². The summed E-state index contributed by atoms with van der Waals surface area (Å²) in [7, 11) is 1.35. The molecule has 1 aliphatic heterocycles. The van der Waals surface area contributed by atoms with Crippen LogP contribution >= 0.6 is 0 Å². The minimum atomic E-state index is -1.89. The smallest absolute Gasteiger partial charge is 0.415 e. The van der Waals surface area contributed by atoms with Crippen molar-refractivity contribution in [3.8, 4) is 17.4 Å². The molecule has 8 nitrogen and oxygen atoms in total. The van der Waals surface area contributed by atoms with Crippen molar-refractivity contribution in [2.45, 2.75) is 13.1 Å². The van der Waals surface area contributed by atoms with Crippen LogP contribution in [0, 0.1) is 17.5 Å². The first-order valence-corrected chi connectivity index (χ1v) is 10.7. The summed E-state index contributed by atoms with van der Waals surface area (Å²) in [4.78, 5) is 17.5. The second-order valence-corrected chi connectivity index (χ2v) is 8.01. The molecule has 0 saturated heterocycles. The van der Waals surface area contributed by atoms with Crippen molar-refractivity contribution < 1.29 is 31.6 Å². The molecule has 0 aliphatic carbocycles. The number of amides is 1. The Balaban J connectivity index is 1.52. The predicted molar refractivity (Wildman–Crippen MR) is 113 cm³/mol. The lowest BCUT2D eigenvalue weighted by atomic mass is 10.1. The van der Waals surface area contributed by atoms with Gasteiger partial charge in [-0.3, -0.25) is 9.62 Å². The van der Waals surface area contributed by atoms with E-state index in [1.54, 1.807) is 12.1 Å². The van der Waals surface area contributed by atoms with Crippen LogP contribution in [0.4, 0.5) is 23.7 Å². The van der Waals surface area contributed by atoms with Crippen molar-refractivity contribution >= 4 is 23.0 Å². The second-order valence-electron chi connectivity index (χ2n) is 6.86. The molecule has 1 aromatic heterocycles.